The molecule has 0 heterocycles. The lowest BCUT2D eigenvalue weighted by atomic mass is 10.0. The van der Waals surface area contributed by atoms with E-state index in [1.54, 1.807) is 12.1 Å². The second kappa shape index (κ2) is 3.02. The highest BCUT2D eigenvalue weighted by molar-refractivity contribution is 5.27. The monoisotopic (exact) mass is 198 g/mol. The Morgan fingerprint density at radius 3 is 2.50 bits per heavy atom. The molecule has 14 heavy (non-hydrogen) atoms. The highest BCUT2D eigenvalue weighted by atomic mass is 19.2. The Bertz CT molecular complexity index is 370. The van der Waals surface area contributed by atoms with Crippen molar-refractivity contribution in [2.24, 2.45) is 0 Å². The van der Waals surface area contributed by atoms with Gasteiger partial charge in [0.25, 0.3) is 0 Å². The van der Waals surface area contributed by atoms with Crippen molar-refractivity contribution in [2.45, 2.75) is 31.8 Å². The van der Waals surface area contributed by atoms with Gasteiger partial charge in [0.1, 0.15) is 0 Å². The third kappa shape index (κ3) is 1.64. The van der Waals surface area contributed by atoms with Crippen molar-refractivity contribution >= 4 is 0 Å². The SMILES string of the molecule is Cc1ccc(CC2(O)CC2)c(F)c1F. The molecule has 0 saturated heterocycles. The molecule has 0 unspecified atom stereocenters. The zero-order valence-electron chi connectivity index (χ0n) is 7.98. The van der Waals surface area contributed by atoms with Crippen molar-refractivity contribution in [3.8, 4) is 0 Å². The molecular weight excluding hydrogens is 186 g/mol. The minimum absolute atomic E-state index is 0.218. The topological polar surface area (TPSA) is 20.2 Å². The molecule has 1 N–H and O–H groups in total. The molecule has 1 aliphatic carbocycles. The number of rotatable bonds is 2. The summed E-state index contributed by atoms with van der Waals surface area (Å²) in [5.74, 6) is -1.61. The summed E-state index contributed by atoms with van der Waals surface area (Å²) in [6, 6.07) is 3.09. The van der Waals surface area contributed by atoms with Crippen molar-refractivity contribution < 1.29 is 13.9 Å². The van der Waals surface area contributed by atoms with E-state index in [0.717, 1.165) is 0 Å². The van der Waals surface area contributed by atoms with Gasteiger partial charge in [0.05, 0.1) is 5.60 Å². The number of aryl methyl sites for hydroxylation is 1. The number of hydrogen-bond acceptors (Lipinski definition) is 1. The van der Waals surface area contributed by atoms with Crippen LogP contribution in [0.5, 0.6) is 0 Å². The molecule has 1 nitrogen and oxygen atoms in total. The minimum atomic E-state index is -0.815. The van der Waals surface area contributed by atoms with Gasteiger partial charge in [-0.25, -0.2) is 8.78 Å². The predicted molar refractivity (Wildman–Crippen MR) is 49.0 cm³/mol. The van der Waals surface area contributed by atoms with Crippen molar-refractivity contribution in [3.63, 3.8) is 0 Å². The molecule has 1 aromatic carbocycles. The molecule has 0 amide bonds. The molecule has 1 saturated carbocycles. The average Bonchev–Trinajstić information content (AvgIpc) is 2.86. The normalized spacial score (nSPS) is 18.3. The molecule has 1 fully saturated rings. The maximum Gasteiger partial charge on any atom is 0.162 e. The van der Waals surface area contributed by atoms with Crippen LogP contribution in [0.4, 0.5) is 8.78 Å². The van der Waals surface area contributed by atoms with Crippen molar-refractivity contribution in [3.05, 3.63) is 34.9 Å². The zero-order valence-corrected chi connectivity index (χ0v) is 7.98. The fourth-order valence-electron chi connectivity index (χ4n) is 1.50. The largest absolute Gasteiger partial charge is 0.390 e. The smallest absolute Gasteiger partial charge is 0.162 e. The summed E-state index contributed by atoms with van der Waals surface area (Å²) in [5.41, 5.74) is -0.204. The van der Waals surface area contributed by atoms with E-state index in [-0.39, 0.29) is 12.0 Å². The number of benzene rings is 1. The highest BCUT2D eigenvalue weighted by Gasteiger charge is 2.40. The van der Waals surface area contributed by atoms with E-state index in [4.69, 9.17) is 0 Å². The molecule has 1 aromatic rings. The van der Waals surface area contributed by atoms with E-state index < -0.39 is 17.2 Å². The first-order valence-corrected chi connectivity index (χ1v) is 4.68. The first-order valence-electron chi connectivity index (χ1n) is 4.68. The predicted octanol–water partition coefficient (Wildman–Crippen LogP) is 2.34. The van der Waals surface area contributed by atoms with E-state index in [1.807, 2.05) is 0 Å². The van der Waals surface area contributed by atoms with Crippen LogP contribution in [0.1, 0.15) is 24.0 Å². The molecule has 0 aromatic heterocycles. The fourth-order valence-corrected chi connectivity index (χ4v) is 1.50. The number of halogens is 2. The summed E-state index contributed by atoms with van der Waals surface area (Å²) in [5, 5.41) is 9.58. The molecular formula is C11H12F2O. The second-order valence-electron chi connectivity index (χ2n) is 4.07. The van der Waals surface area contributed by atoms with Crippen LogP contribution in [-0.4, -0.2) is 10.7 Å². The lowest BCUT2D eigenvalue weighted by Crippen LogP contribution is -2.12. The van der Waals surface area contributed by atoms with Gasteiger partial charge >= 0.3 is 0 Å². The van der Waals surface area contributed by atoms with Crippen LogP contribution in [0, 0.1) is 18.6 Å². The van der Waals surface area contributed by atoms with Gasteiger partial charge in [-0.2, -0.15) is 0 Å². The molecule has 1 aliphatic rings. The Balaban J connectivity index is 2.30. The van der Waals surface area contributed by atoms with E-state index in [0.29, 0.717) is 18.4 Å². The molecule has 0 bridgehead atoms. The average molecular weight is 198 g/mol. The van der Waals surface area contributed by atoms with E-state index >= 15 is 0 Å². The summed E-state index contributed by atoms with van der Waals surface area (Å²) in [6.45, 7) is 1.52. The molecule has 76 valence electrons. The van der Waals surface area contributed by atoms with Crippen LogP contribution in [0.25, 0.3) is 0 Å². The van der Waals surface area contributed by atoms with Crippen LogP contribution >= 0.6 is 0 Å². The quantitative estimate of drug-likeness (QED) is 0.773. The maximum atomic E-state index is 13.3. The van der Waals surface area contributed by atoms with Gasteiger partial charge in [-0.05, 0) is 30.9 Å². The van der Waals surface area contributed by atoms with Gasteiger partial charge in [0.15, 0.2) is 11.6 Å². The second-order valence-corrected chi connectivity index (χ2v) is 4.07. The van der Waals surface area contributed by atoms with Crippen molar-refractivity contribution in [2.75, 3.05) is 0 Å². The van der Waals surface area contributed by atoms with Crippen LogP contribution in [0.3, 0.4) is 0 Å². The van der Waals surface area contributed by atoms with Crippen LogP contribution in [-0.2, 0) is 6.42 Å². The number of aliphatic hydroxyl groups is 1. The van der Waals surface area contributed by atoms with Crippen LogP contribution in [0.2, 0.25) is 0 Å². The van der Waals surface area contributed by atoms with Gasteiger partial charge in [0, 0.05) is 6.42 Å². The van der Waals surface area contributed by atoms with Gasteiger partial charge < -0.3 is 5.11 Å². The Morgan fingerprint density at radius 2 is 1.93 bits per heavy atom. The van der Waals surface area contributed by atoms with E-state index in [2.05, 4.69) is 0 Å². The zero-order chi connectivity index (χ0) is 10.3. The van der Waals surface area contributed by atoms with Crippen molar-refractivity contribution in [1.82, 2.24) is 0 Å². The molecule has 0 spiro atoms. The first-order chi connectivity index (χ1) is 6.52. The highest BCUT2D eigenvalue weighted by Crippen LogP contribution is 2.38. The number of hydrogen-bond donors (Lipinski definition) is 1. The minimum Gasteiger partial charge on any atom is -0.390 e. The lowest BCUT2D eigenvalue weighted by molar-refractivity contribution is 0.149. The summed E-state index contributed by atoms with van der Waals surface area (Å²) in [4.78, 5) is 0. The molecule has 0 aliphatic heterocycles. The van der Waals surface area contributed by atoms with Gasteiger partial charge in [-0.1, -0.05) is 12.1 Å². The summed E-state index contributed by atoms with van der Waals surface area (Å²) < 4.78 is 26.5. The third-order valence-corrected chi connectivity index (χ3v) is 2.70. The summed E-state index contributed by atoms with van der Waals surface area (Å²) in [7, 11) is 0. The van der Waals surface area contributed by atoms with E-state index in [1.165, 1.54) is 6.92 Å². The standard InChI is InChI=1S/C11H12F2O/c1-7-2-3-8(10(13)9(7)12)6-11(14)4-5-11/h2-3,14H,4-6H2,1H3. The first kappa shape index (κ1) is 9.59. The molecule has 2 rings (SSSR count). The molecule has 0 atom stereocenters. The van der Waals surface area contributed by atoms with Crippen molar-refractivity contribution in [1.29, 1.82) is 0 Å². The Labute approximate surface area is 81.4 Å². The molecule has 0 radical (unpaired) electrons. The maximum absolute atomic E-state index is 13.3. The fraction of sp³-hybridized carbons (Fsp3) is 0.455. The van der Waals surface area contributed by atoms with Crippen LogP contribution < -0.4 is 0 Å². The van der Waals surface area contributed by atoms with Gasteiger partial charge in [-0.3, -0.25) is 0 Å². The van der Waals surface area contributed by atoms with Gasteiger partial charge in [0.2, 0.25) is 0 Å². The lowest BCUT2D eigenvalue weighted by Gasteiger charge is -2.09. The summed E-state index contributed by atoms with van der Waals surface area (Å²) in [6.07, 6.45) is 1.58. The van der Waals surface area contributed by atoms with Gasteiger partial charge in [-0.15, -0.1) is 0 Å². The third-order valence-electron chi connectivity index (χ3n) is 2.70. The summed E-state index contributed by atoms with van der Waals surface area (Å²) >= 11 is 0. The Kier molecular flexibility index (Phi) is 2.07. The Morgan fingerprint density at radius 1 is 1.29 bits per heavy atom. The van der Waals surface area contributed by atoms with E-state index in [9.17, 15) is 13.9 Å². The molecule has 3 heteroatoms. The Hall–Kier alpha value is -0.960. The van der Waals surface area contributed by atoms with Crippen LogP contribution in [0.15, 0.2) is 12.1 Å².